The van der Waals surface area contributed by atoms with Gasteiger partial charge in [-0.3, -0.25) is 0 Å². The van der Waals surface area contributed by atoms with Crippen LogP contribution in [0.5, 0.6) is 0 Å². The van der Waals surface area contributed by atoms with Crippen molar-refractivity contribution in [2.45, 2.75) is 12.6 Å². The number of aliphatic hydroxyl groups is 1. The number of nitrogens with zero attached hydrogens (tertiary/aromatic N) is 1. The van der Waals surface area contributed by atoms with Crippen molar-refractivity contribution in [2.75, 3.05) is 6.61 Å². The fraction of sp³-hybridized carbons (Fsp3) is 0.200. The van der Waals surface area contributed by atoms with E-state index >= 15 is 0 Å². The molecule has 3 N–H and O–H groups in total. The highest BCUT2D eigenvalue weighted by molar-refractivity contribution is 5.65. The quantitative estimate of drug-likeness (QED) is 0.798. The molecule has 2 aromatic rings. The third-order valence-electron chi connectivity index (χ3n) is 3.40. The highest BCUT2D eigenvalue weighted by atomic mass is 19.1. The maximum absolute atomic E-state index is 13.6. The molecule has 1 aromatic carbocycles. The van der Waals surface area contributed by atoms with E-state index in [4.69, 9.17) is 5.11 Å². The summed E-state index contributed by atoms with van der Waals surface area (Å²) in [4.78, 5) is 0. The van der Waals surface area contributed by atoms with E-state index in [1.165, 1.54) is 12.1 Å². The second-order valence-electron chi connectivity index (χ2n) is 4.67. The van der Waals surface area contributed by atoms with Crippen molar-refractivity contribution in [2.24, 2.45) is 0 Å². The van der Waals surface area contributed by atoms with Gasteiger partial charge in [0.25, 0.3) is 0 Å². The van der Waals surface area contributed by atoms with Crippen molar-refractivity contribution in [3.8, 4) is 11.3 Å². The predicted octanol–water partition coefficient (Wildman–Crippen LogP) is 1.95. The Balaban J connectivity index is 2.06. The Labute approximate surface area is 116 Å². The summed E-state index contributed by atoms with van der Waals surface area (Å²) in [6, 6.07) is 8.55. The van der Waals surface area contributed by atoms with Crippen molar-refractivity contribution in [3.05, 3.63) is 60.2 Å². The lowest BCUT2D eigenvalue weighted by atomic mass is 10.0. The third kappa shape index (κ3) is 2.33. The standard InChI is InChI=1S/C15H16FN3O/c16-12-4-3-11(6-9-20)13(10-12)14-2-1-8-19(14)15-5-7-17-18-15/h1-5,7-8,10,15,17-18,20H,6,9H2. The molecule has 0 saturated heterocycles. The zero-order chi connectivity index (χ0) is 13.9. The Bertz CT molecular complexity index is 636. The average molecular weight is 273 g/mol. The molecule has 1 unspecified atom stereocenters. The van der Waals surface area contributed by atoms with E-state index in [1.54, 1.807) is 6.07 Å². The van der Waals surface area contributed by atoms with Crippen molar-refractivity contribution >= 4 is 0 Å². The number of hydrogen-bond acceptors (Lipinski definition) is 3. The molecule has 0 bridgehead atoms. The Morgan fingerprint density at radius 1 is 1.30 bits per heavy atom. The van der Waals surface area contributed by atoms with Gasteiger partial charge in [-0.2, -0.15) is 0 Å². The van der Waals surface area contributed by atoms with E-state index in [1.807, 2.05) is 35.2 Å². The second-order valence-corrected chi connectivity index (χ2v) is 4.67. The first-order valence-electron chi connectivity index (χ1n) is 6.54. The van der Waals surface area contributed by atoms with Crippen molar-refractivity contribution in [3.63, 3.8) is 0 Å². The molecular formula is C15H16FN3O. The molecule has 0 spiro atoms. The number of hydrazine groups is 1. The molecule has 0 aliphatic carbocycles. The first-order chi connectivity index (χ1) is 9.79. The van der Waals surface area contributed by atoms with E-state index in [-0.39, 0.29) is 18.6 Å². The van der Waals surface area contributed by atoms with Crippen LogP contribution in [0.2, 0.25) is 0 Å². The molecular weight excluding hydrogens is 257 g/mol. The van der Waals surface area contributed by atoms with E-state index in [0.29, 0.717) is 6.42 Å². The summed E-state index contributed by atoms with van der Waals surface area (Å²) in [5.74, 6) is -0.275. The number of nitrogens with one attached hydrogen (secondary N) is 2. The van der Waals surface area contributed by atoms with Gasteiger partial charge < -0.3 is 15.1 Å². The lowest BCUT2D eigenvalue weighted by molar-refractivity contribution is 0.299. The minimum Gasteiger partial charge on any atom is -0.396 e. The Morgan fingerprint density at radius 3 is 2.95 bits per heavy atom. The summed E-state index contributed by atoms with van der Waals surface area (Å²) in [5, 5.41) is 9.16. The fourth-order valence-corrected chi connectivity index (χ4v) is 2.47. The summed E-state index contributed by atoms with van der Waals surface area (Å²) in [5.41, 5.74) is 8.68. The molecule has 20 heavy (non-hydrogen) atoms. The van der Waals surface area contributed by atoms with Crippen molar-refractivity contribution in [1.29, 1.82) is 0 Å². The maximum Gasteiger partial charge on any atom is 0.123 e. The Hall–Kier alpha value is -2.11. The van der Waals surface area contributed by atoms with Gasteiger partial charge >= 0.3 is 0 Å². The second kappa shape index (κ2) is 5.48. The van der Waals surface area contributed by atoms with Gasteiger partial charge in [0.1, 0.15) is 12.0 Å². The van der Waals surface area contributed by atoms with Gasteiger partial charge in [-0.15, -0.1) is 0 Å². The Morgan fingerprint density at radius 2 is 2.20 bits per heavy atom. The molecule has 2 heterocycles. The summed E-state index contributed by atoms with van der Waals surface area (Å²) < 4.78 is 15.6. The molecule has 0 radical (unpaired) electrons. The normalized spacial score (nSPS) is 17.4. The number of rotatable bonds is 4. The minimum atomic E-state index is -0.275. The summed E-state index contributed by atoms with van der Waals surface area (Å²) in [7, 11) is 0. The van der Waals surface area contributed by atoms with Crippen LogP contribution < -0.4 is 10.9 Å². The third-order valence-corrected chi connectivity index (χ3v) is 3.40. The summed E-state index contributed by atoms with van der Waals surface area (Å²) >= 11 is 0. The monoisotopic (exact) mass is 273 g/mol. The van der Waals surface area contributed by atoms with Crippen LogP contribution in [0.4, 0.5) is 4.39 Å². The number of benzene rings is 1. The van der Waals surface area contributed by atoms with E-state index in [0.717, 1.165) is 16.8 Å². The first-order valence-corrected chi connectivity index (χ1v) is 6.54. The van der Waals surface area contributed by atoms with E-state index in [2.05, 4.69) is 10.9 Å². The van der Waals surface area contributed by atoms with Gasteiger partial charge in [0.15, 0.2) is 0 Å². The van der Waals surface area contributed by atoms with Crippen LogP contribution in [0.25, 0.3) is 11.3 Å². The highest BCUT2D eigenvalue weighted by Crippen LogP contribution is 2.28. The van der Waals surface area contributed by atoms with Crippen molar-refractivity contribution < 1.29 is 9.50 Å². The SMILES string of the molecule is OCCc1ccc(F)cc1-c1cccn1C1C=CNN1. The highest BCUT2D eigenvalue weighted by Gasteiger charge is 2.16. The molecule has 1 aromatic heterocycles. The fourth-order valence-electron chi connectivity index (χ4n) is 2.47. The van der Waals surface area contributed by atoms with Gasteiger partial charge in [-0.05, 0) is 42.3 Å². The maximum atomic E-state index is 13.6. The van der Waals surface area contributed by atoms with Crippen LogP contribution in [-0.2, 0) is 6.42 Å². The minimum absolute atomic E-state index is 0.00903. The molecule has 5 heteroatoms. The van der Waals surface area contributed by atoms with Crippen LogP contribution in [0.15, 0.2) is 48.8 Å². The largest absolute Gasteiger partial charge is 0.396 e. The van der Waals surface area contributed by atoms with Gasteiger partial charge in [-0.25, -0.2) is 9.82 Å². The molecule has 0 amide bonds. The van der Waals surface area contributed by atoms with E-state index in [9.17, 15) is 4.39 Å². The summed E-state index contributed by atoms with van der Waals surface area (Å²) in [6.45, 7) is 0.0441. The molecule has 1 atom stereocenters. The number of hydrogen-bond donors (Lipinski definition) is 3. The molecule has 1 aliphatic rings. The van der Waals surface area contributed by atoms with E-state index < -0.39 is 0 Å². The van der Waals surface area contributed by atoms with Gasteiger partial charge in [0.05, 0.1) is 5.69 Å². The van der Waals surface area contributed by atoms with Crippen LogP contribution in [0.1, 0.15) is 11.7 Å². The zero-order valence-corrected chi connectivity index (χ0v) is 10.9. The lowest BCUT2D eigenvalue weighted by Gasteiger charge is -2.17. The van der Waals surface area contributed by atoms with Crippen LogP contribution in [0, 0.1) is 5.82 Å². The van der Waals surface area contributed by atoms with Crippen molar-refractivity contribution in [1.82, 2.24) is 15.4 Å². The molecule has 104 valence electrons. The molecule has 3 rings (SSSR count). The topological polar surface area (TPSA) is 49.2 Å². The number of aliphatic hydroxyl groups excluding tert-OH is 1. The summed E-state index contributed by atoms with van der Waals surface area (Å²) in [6.07, 6.45) is 6.25. The van der Waals surface area contributed by atoms with Gasteiger partial charge in [0.2, 0.25) is 0 Å². The Kier molecular flexibility index (Phi) is 3.54. The van der Waals surface area contributed by atoms with Gasteiger partial charge in [-0.1, -0.05) is 6.07 Å². The average Bonchev–Trinajstić information content (AvgIpc) is 3.10. The number of aromatic nitrogens is 1. The van der Waals surface area contributed by atoms with Crippen LogP contribution in [-0.4, -0.2) is 16.3 Å². The zero-order valence-electron chi connectivity index (χ0n) is 10.9. The molecule has 0 fully saturated rings. The lowest BCUT2D eigenvalue weighted by Crippen LogP contribution is -2.28. The van der Waals surface area contributed by atoms with Crippen LogP contribution in [0.3, 0.4) is 0 Å². The molecule has 4 nitrogen and oxygen atoms in total. The molecule has 0 saturated carbocycles. The van der Waals surface area contributed by atoms with Gasteiger partial charge in [0, 0.05) is 24.6 Å². The smallest absolute Gasteiger partial charge is 0.123 e. The molecule has 1 aliphatic heterocycles. The number of halogens is 1. The van der Waals surface area contributed by atoms with Crippen LogP contribution >= 0.6 is 0 Å². The first kappa shape index (κ1) is 12.9. The predicted molar refractivity (Wildman–Crippen MR) is 75.1 cm³/mol.